The van der Waals surface area contributed by atoms with Crippen molar-refractivity contribution in [2.24, 2.45) is 0 Å². The standard InChI is InChI=1S/C24H27ClN2O4/c1-16-20(15-23(28)31-13-5-12-26(2)3)21-14-19(30-4)10-11-22(21)27(16)24(29)17-6-8-18(25)9-7-17/h6-11,14H,5,12-13,15H2,1-4H3. The molecule has 3 aromatic rings. The van der Waals surface area contributed by atoms with Gasteiger partial charge in [0.05, 0.1) is 25.7 Å². The highest BCUT2D eigenvalue weighted by Gasteiger charge is 2.22. The molecule has 0 bridgehead atoms. The first kappa shape index (κ1) is 22.8. The zero-order valence-corrected chi connectivity index (χ0v) is 19.0. The molecule has 0 aliphatic rings. The Morgan fingerprint density at radius 2 is 1.81 bits per heavy atom. The van der Waals surface area contributed by atoms with Gasteiger partial charge in [0.15, 0.2) is 0 Å². The van der Waals surface area contributed by atoms with Crippen molar-refractivity contribution in [3.8, 4) is 5.75 Å². The lowest BCUT2D eigenvalue weighted by atomic mass is 10.1. The highest BCUT2D eigenvalue weighted by atomic mass is 35.5. The van der Waals surface area contributed by atoms with E-state index in [0.29, 0.717) is 34.2 Å². The van der Waals surface area contributed by atoms with Gasteiger partial charge in [-0.1, -0.05) is 11.6 Å². The third-order valence-electron chi connectivity index (χ3n) is 5.17. The van der Waals surface area contributed by atoms with Crippen LogP contribution in [0.25, 0.3) is 10.9 Å². The van der Waals surface area contributed by atoms with E-state index in [0.717, 1.165) is 23.9 Å². The van der Waals surface area contributed by atoms with Crippen LogP contribution in [-0.2, 0) is 16.0 Å². The summed E-state index contributed by atoms with van der Waals surface area (Å²) in [6, 6.07) is 12.2. The van der Waals surface area contributed by atoms with Gasteiger partial charge in [-0.05, 0) is 75.5 Å². The number of benzene rings is 2. The molecule has 0 N–H and O–H groups in total. The van der Waals surface area contributed by atoms with E-state index in [1.807, 2.05) is 38.1 Å². The number of fused-ring (bicyclic) bond motifs is 1. The molecule has 0 unspecified atom stereocenters. The van der Waals surface area contributed by atoms with Crippen molar-refractivity contribution in [2.75, 3.05) is 34.4 Å². The average Bonchev–Trinajstić information content (AvgIpc) is 3.01. The number of hydrogen-bond acceptors (Lipinski definition) is 5. The smallest absolute Gasteiger partial charge is 0.310 e. The summed E-state index contributed by atoms with van der Waals surface area (Å²) in [4.78, 5) is 27.8. The number of ether oxygens (including phenoxy) is 2. The minimum absolute atomic E-state index is 0.0817. The molecule has 1 aromatic heterocycles. The molecule has 7 heteroatoms. The van der Waals surface area contributed by atoms with E-state index in [2.05, 4.69) is 0 Å². The van der Waals surface area contributed by atoms with E-state index in [-0.39, 0.29) is 18.3 Å². The first-order valence-corrected chi connectivity index (χ1v) is 10.5. The summed E-state index contributed by atoms with van der Waals surface area (Å²) in [6.07, 6.45) is 0.848. The highest BCUT2D eigenvalue weighted by molar-refractivity contribution is 6.30. The normalized spacial score (nSPS) is 11.2. The quantitative estimate of drug-likeness (QED) is 0.383. The lowest BCUT2D eigenvalue weighted by Gasteiger charge is -2.10. The van der Waals surface area contributed by atoms with Crippen molar-refractivity contribution in [3.05, 3.63) is 64.3 Å². The van der Waals surface area contributed by atoms with Gasteiger partial charge >= 0.3 is 5.97 Å². The Hall–Kier alpha value is -2.83. The molecule has 0 amide bonds. The fourth-order valence-electron chi connectivity index (χ4n) is 3.56. The van der Waals surface area contributed by atoms with Crippen LogP contribution >= 0.6 is 11.6 Å². The lowest BCUT2D eigenvalue weighted by molar-refractivity contribution is -0.143. The van der Waals surface area contributed by atoms with E-state index in [9.17, 15) is 9.59 Å². The maximum absolute atomic E-state index is 13.3. The topological polar surface area (TPSA) is 60.8 Å². The van der Waals surface area contributed by atoms with Crippen molar-refractivity contribution in [2.45, 2.75) is 19.8 Å². The summed E-state index contributed by atoms with van der Waals surface area (Å²) in [7, 11) is 5.54. The van der Waals surface area contributed by atoms with E-state index in [1.54, 1.807) is 42.0 Å². The molecule has 0 spiro atoms. The van der Waals surface area contributed by atoms with Gasteiger partial charge in [0, 0.05) is 28.2 Å². The first-order valence-electron chi connectivity index (χ1n) is 10.1. The van der Waals surface area contributed by atoms with Crippen molar-refractivity contribution in [1.29, 1.82) is 0 Å². The molecule has 6 nitrogen and oxygen atoms in total. The van der Waals surface area contributed by atoms with Crippen molar-refractivity contribution in [3.63, 3.8) is 0 Å². The first-order chi connectivity index (χ1) is 14.8. The van der Waals surface area contributed by atoms with Crippen molar-refractivity contribution in [1.82, 2.24) is 9.47 Å². The summed E-state index contributed by atoms with van der Waals surface area (Å²) in [6.45, 7) is 3.05. The third-order valence-corrected chi connectivity index (χ3v) is 5.42. The minimum atomic E-state index is -0.317. The Kier molecular flexibility index (Phi) is 7.36. The van der Waals surface area contributed by atoms with Gasteiger partial charge in [-0.15, -0.1) is 0 Å². The van der Waals surface area contributed by atoms with Crippen LogP contribution < -0.4 is 4.74 Å². The molecule has 0 aliphatic heterocycles. The number of halogens is 1. The largest absolute Gasteiger partial charge is 0.497 e. The number of carbonyl (C=O) groups is 2. The predicted octanol–water partition coefficient (Wildman–Crippen LogP) is 4.34. The monoisotopic (exact) mass is 442 g/mol. The van der Waals surface area contributed by atoms with Gasteiger partial charge in [0.1, 0.15) is 5.75 Å². The number of nitrogens with zero attached hydrogens (tertiary/aromatic N) is 2. The predicted molar refractivity (Wildman–Crippen MR) is 122 cm³/mol. The van der Waals surface area contributed by atoms with Crippen LogP contribution in [0, 0.1) is 6.92 Å². The van der Waals surface area contributed by atoms with E-state index >= 15 is 0 Å². The van der Waals surface area contributed by atoms with Crippen LogP contribution in [0.4, 0.5) is 0 Å². The van der Waals surface area contributed by atoms with Crippen LogP contribution in [0.1, 0.15) is 28.0 Å². The molecule has 164 valence electrons. The number of carbonyl (C=O) groups excluding carboxylic acids is 2. The van der Waals surface area contributed by atoms with E-state index in [1.165, 1.54) is 0 Å². The average molecular weight is 443 g/mol. The fourth-order valence-corrected chi connectivity index (χ4v) is 3.68. The third kappa shape index (κ3) is 5.27. The molecule has 0 saturated carbocycles. The molecule has 31 heavy (non-hydrogen) atoms. The molecule has 1 heterocycles. The van der Waals surface area contributed by atoms with Gasteiger partial charge < -0.3 is 14.4 Å². The molecular formula is C24H27ClN2O4. The minimum Gasteiger partial charge on any atom is -0.497 e. The van der Waals surface area contributed by atoms with Crippen LogP contribution in [-0.4, -0.2) is 55.7 Å². The highest BCUT2D eigenvalue weighted by Crippen LogP contribution is 2.31. The Balaban J connectivity index is 1.95. The summed E-state index contributed by atoms with van der Waals surface area (Å²) >= 11 is 5.97. The van der Waals surface area contributed by atoms with E-state index in [4.69, 9.17) is 21.1 Å². The number of methoxy groups -OCH3 is 1. The van der Waals surface area contributed by atoms with Crippen molar-refractivity contribution >= 4 is 34.4 Å². The van der Waals surface area contributed by atoms with Crippen LogP contribution in [0.2, 0.25) is 5.02 Å². The number of aromatic nitrogens is 1. The second-order valence-electron chi connectivity index (χ2n) is 7.65. The molecule has 0 aliphatic carbocycles. The van der Waals surface area contributed by atoms with Gasteiger partial charge in [0.2, 0.25) is 0 Å². The van der Waals surface area contributed by atoms with E-state index < -0.39 is 0 Å². The summed E-state index contributed by atoms with van der Waals surface area (Å²) in [5.41, 5.74) is 2.69. The van der Waals surface area contributed by atoms with Crippen LogP contribution in [0.15, 0.2) is 42.5 Å². The molecule has 0 radical (unpaired) electrons. The maximum Gasteiger partial charge on any atom is 0.310 e. The second kappa shape index (κ2) is 9.98. The maximum atomic E-state index is 13.3. The molecule has 0 saturated heterocycles. The molecular weight excluding hydrogens is 416 g/mol. The van der Waals surface area contributed by atoms with Gasteiger partial charge in [0.25, 0.3) is 5.91 Å². The number of esters is 1. The van der Waals surface area contributed by atoms with Gasteiger partial charge in [-0.25, -0.2) is 0 Å². The fraction of sp³-hybridized carbons (Fsp3) is 0.333. The Bertz CT molecular complexity index is 1090. The molecule has 0 atom stereocenters. The molecule has 2 aromatic carbocycles. The Morgan fingerprint density at radius 1 is 1.10 bits per heavy atom. The lowest BCUT2D eigenvalue weighted by Crippen LogP contribution is -2.17. The van der Waals surface area contributed by atoms with Crippen LogP contribution in [0.5, 0.6) is 5.75 Å². The van der Waals surface area contributed by atoms with Gasteiger partial charge in [-0.2, -0.15) is 0 Å². The van der Waals surface area contributed by atoms with Crippen LogP contribution in [0.3, 0.4) is 0 Å². The molecule has 0 fully saturated rings. The molecule has 3 rings (SSSR count). The Labute approximate surface area is 187 Å². The Morgan fingerprint density at radius 3 is 2.45 bits per heavy atom. The SMILES string of the molecule is COc1ccc2c(c1)c(CC(=O)OCCCN(C)C)c(C)n2C(=O)c1ccc(Cl)cc1. The zero-order chi connectivity index (χ0) is 22.5. The second-order valence-corrected chi connectivity index (χ2v) is 8.09. The number of rotatable bonds is 8. The van der Waals surface area contributed by atoms with Crippen molar-refractivity contribution < 1.29 is 19.1 Å². The summed E-state index contributed by atoms with van der Waals surface area (Å²) < 4.78 is 12.4. The number of hydrogen-bond donors (Lipinski definition) is 0. The summed E-state index contributed by atoms with van der Waals surface area (Å²) in [5.74, 6) is 0.154. The summed E-state index contributed by atoms with van der Waals surface area (Å²) in [5, 5.41) is 1.36. The zero-order valence-electron chi connectivity index (χ0n) is 18.3. The van der Waals surface area contributed by atoms with Gasteiger partial charge in [-0.3, -0.25) is 14.2 Å².